The van der Waals surface area contributed by atoms with Crippen molar-refractivity contribution in [3.8, 4) is 5.75 Å². The van der Waals surface area contributed by atoms with Crippen LogP contribution in [0.1, 0.15) is 11.3 Å². The number of pyridine rings is 1. The zero-order chi connectivity index (χ0) is 13.5. The van der Waals surface area contributed by atoms with E-state index in [2.05, 4.69) is 10.3 Å². The molecule has 0 saturated heterocycles. The van der Waals surface area contributed by atoms with Crippen LogP contribution in [0.5, 0.6) is 5.75 Å². The highest BCUT2D eigenvalue weighted by molar-refractivity contribution is 5.30. The third-order valence-corrected chi connectivity index (χ3v) is 2.86. The predicted molar refractivity (Wildman–Crippen MR) is 72.6 cm³/mol. The normalized spacial score (nSPS) is 10.4. The van der Waals surface area contributed by atoms with E-state index in [1.807, 2.05) is 18.2 Å². The zero-order valence-electron chi connectivity index (χ0n) is 10.9. The van der Waals surface area contributed by atoms with Crippen LogP contribution >= 0.6 is 0 Å². The fourth-order valence-electron chi connectivity index (χ4n) is 1.84. The molecule has 0 atom stereocenters. The topological polar surface area (TPSA) is 34.1 Å². The van der Waals surface area contributed by atoms with Crippen LogP contribution in [0.25, 0.3) is 0 Å². The second kappa shape index (κ2) is 6.85. The number of ether oxygens (including phenoxy) is 1. The minimum Gasteiger partial charge on any atom is -0.494 e. The Hall–Kier alpha value is -1.94. The molecule has 0 radical (unpaired) electrons. The van der Waals surface area contributed by atoms with Gasteiger partial charge in [-0.05, 0) is 18.2 Å². The van der Waals surface area contributed by atoms with Gasteiger partial charge in [0.1, 0.15) is 0 Å². The van der Waals surface area contributed by atoms with Gasteiger partial charge in [-0.1, -0.05) is 18.2 Å². The first-order valence-electron chi connectivity index (χ1n) is 6.23. The summed E-state index contributed by atoms with van der Waals surface area (Å²) in [5.74, 6) is -0.0145. The fraction of sp³-hybridized carbons (Fsp3) is 0.267. The summed E-state index contributed by atoms with van der Waals surface area (Å²) in [7, 11) is 1.47. The lowest BCUT2D eigenvalue weighted by Gasteiger charge is -2.08. The molecule has 0 aliphatic rings. The van der Waals surface area contributed by atoms with E-state index in [9.17, 15) is 4.39 Å². The van der Waals surface area contributed by atoms with Crippen molar-refractivity contribution < 1.29 is 9.13 Å². The van der Waals surface area contributed by atoms with E-state index in [1.54, 1.807) is 24.4 Å². The van der Waals surface area contributed by atoms with Crippen LogP contribution in [-0.2, 0) is 13.0 Å². The molecule has 2 rings (SSSR count). The van der Waals surface area contributed by atoms with Gasteiger partial charge in [-0.3, -0.25) is 4.98 Å². The molecule has 2 aromatic rings. The van der Waals surface area contributed by atoms with Crippen molar-refractivity contribution in [3.63, 3.8) is 0 Å². The third-order valence-electron chi connectivity index (χ3n) is 2.86. The van der Waals surface area contributed by atoms with Gasteiger partial charge in [-0.25, -0.2) is 4.39 Å². The van der Waals surface area contributed by atoms with Crippen molar-refractivity contribution in [2.24, 2.45) is 0 Å². The van der Waals surface area contributed by atoms with Crippen molar-refractivity contribution in [3.05, 3.63) is 59.7 Å². The maximum atomic E-state index is 13.8. The Kier molecular flexibility index (Phi) is 4.86. The lowest BCUT2D eigenvalue weighted by atomic mass is 10.2. The summed E-state index contributed by atoms with van der Waals surface area (Å²) in [6, 6.07) is 11.0. The molecular weight excluding hydrogens is 243 g/mol. The van der Waals surface area contributed by atoms with Crippen LogP contribution in [0.2, 0.25) is 0 Å². The predicted octanol–water partition coefficient (Wildman–Crippen LogP) is 2.56. The first kappa shape index (κ1) is 13.5. The number of aromatic nitrogens is 1. The van der Waals surface area contributed by atoms with E-state index in [1.165, 1.54) is 7.11 Å². The first-order valence-corrected chi connectivity index (χ1v) is 6.23. The molecule has 3 nitrogen and oxygen atoms in total. The summed E-state index contributed by atoms with van der Waals surface area (Å²) >= 11 is 0. The summed E-state index contributed by atoms with van der Waals surface area (Å²) in [4.78, 5) is 4.23. The molecule has 0 spiro atoms. The van der Waals surface area contributed by atoms with Gasteiger partial charge in [0.2, 0.25) is 0 Å². The Bertz CT molecular complexity index is 517. The summed E-state index contributed by atoms with van der Waals surface area (Å²) < 4.78 is 18.8. The Balaban J connectivity index is 1.83. The van der Waals surface area contributed by atoms with Crippen LogP contribution in [0.15, 0.2) is 42.6 Å². The van der Waals surface area contributed by atoms with Gasteiger partial charge in [0.25, 0.3) is 0 Å². The number of benzene rings is 1. The van der Waals surface area contributed by atoms with Crippen LogP contribution in [0.4, 0.5) is 4.39 Å². The van der Waals surface area contributed by atoms with E-state index >= 15 is 0 Å². The van der Waals surface area contributed by atoms with Gasteiger partial charge in [-0.2, -0.15) is 0 Å². The minimum atomic E-state index is -0.296. The van der Waals surface area contributed by atoms with E-state index in [0.29, 0.717) is 12.1 Å². The van der Waals surface area contributed by atoms with E-state index in [4.69, 9.17) is 4.74 Å². The largest absolute Gasteiger partial charge is 0.494 e. The summed E-state index contributed by atoms with van der Waals surface area (Å²) in [6.45, 7) is 1.24. The summed E-state index contributed by atoms with van der Waals surface area (Å²) in [5, 5.41) is 3.21. The van der Waals surface area contributed by atoms with Crippen molar-refractivity contribution in [1.29, 1.82) is 0 Å². The van der Waals surface area contributed by atoms with Crippen LogP contribution in [0.3, 0.4) is 0 Å². The standard InChI is InChI=1S/C15H17FN2O/c1-19-14-7-4-5-12(15(14)16)11-17-10-8-13-6-2-3-9-18-13/h2-7,9,17H,8,10-11H2,1H3. The molecule has 0 saturated carbocycles. The number of hydrogen-bond acceptors (Lipinski definition) is 3. The maximum Gasteiger partial charge on any atom is 0.169 e. The van der Waals surface area contributed by atoms with Gasteiger partial charge in [0, 0.05) is 37.0 Å². The smallest absolute Gasteiger partial charge is 0.169 e. The second-order valence-electron chi connectivity index (χ2n) is 4.18. The van der Waals surface area contributed by atoms with Crippen LogP contribution in [-0.4, -0.2) is 18.6 Å². The quantitative estimate of drug-likeness (QED) is 0.811. The number of nitrogens with one attached hydrogen (secondary N) is 1. The van der Waals surface area contributed by atoms with Crippen molar-refractivity contribution in [1.82, 2.24) is 10.3 Å². The molecular formula is C15H17FN2O. The molecule has 1 N–H and O–H groups in total. The molecule has 1 heterocycles. The molecule has 0 amide bonds. The molecule has 100 valence electrons. The minimum absolute atomic E-state index is 0.282. The SMILES string of the molecule is COc1cccc(CNCCc2ccccn2)c1F. The third kappa shape index (κ3) is 3.76. The molecule has 0 fully saturated rings. The molecule has 1 aromatic heterocycles. The second-order valence-corrected chi connectivity index (χ2v) is 4.18. The van der Waals surface area contributed by atoms with Crippen molar-refractivity contribution in [2.45, 2.75) is 13.0 Å². The van der Waals surface area contributed by atoms with E-state index in [-0.39, 0.29) is 11.6 Å². The van der Waals surface area contributed by atoms with Gasteiger partial charge in [-0.15, -0.1) is 0 Å². The van der Waals surface area contributed by atoms with E-state index < -0.39 is 0 Å². The summed E-state index contributed by atoms with van der Waals surface area (Å²) in [5.41, 5.74) is 1.64. The highest BCUT2D eigenvalue weighted by atomic mass is 19.1. The maximum absolute atomic E-state index is 13.8. The number of rotatable bonds is 6. The average Bonchev–Trinajstić information content (AvgIpc) is 2.46. The summed E-state index contributed by atoms with van der Waals surface area (Å²) in [6.07, 6.45) is 2.60. The fourth-order valence-corrected chi connectivity index (χ4v) is 1.84. The van der Waals surface area contributed by atoms with Crippen molar-refractivity contribution >= 4 is 0 Å². The Morgan fingerprint density at radius 1 is 1.21 bits per heavy atom. The first-order chi connectivity index (χ1) is 9.31. The number of methoxy groups -OCH3 is 1. The van der Waals surface area contributed by atoms with Gasteiger partial charge < -0.3 is 10.1 Å². The number of halogens is 1. The molecule has 4 heteroatoms. The Morgan fingerprint density at radius 3 is 2.84 bits per heavy atom. The van der Waals surface area contributed by atoms with Crippen LogP contribution in [0, 0.1) is 5.82 Å². The van der Waals surface area contributed by atoms with Gasteiger partial charge in [0.05, 0.1) is 7.11 Å². The number of hydrogen-bond donors (Lipinski definition) is 1. The monoisotopic (exact) mass is 260 g/mol. The number of nitrogens with zero attached hydrogens (tertiary/aromatic N) is 1. The molecule has 0 bridgehead atoms. The van der Waals surface area contributed by atoms with Gasteiger partial charge in [0.15, 0.2) is 11.6 Å². The molecule has 0 aliphatic heterocycles. The van der Waals surface area contributed by atoms with Gasteiger partial charge >= 0.3 is 0 Å². The highest BCUT2D eigenvalue weighted by Crippen LogP contribution is 2.19. The Morgan fingerprint density at radius 2 is 2.11 bits per heavy atom. The Labute approximate surface area is 112 Å². The lowest BCUT2D eigenvalue weighted by Crippen LogP contribution is -2.18. The molecule has 0 aliphatic carbocycles. The van der Waals surface area contributed by atoms with Crippen molar-refractivity contribution in [2.75, 3.05) is 13.7 Å². The average molecular weight is 260 g/mol. The molecule has 19 heavy (non-hydrogen) atoms. The lowest BCUT2D eigenvalue weighted by molar-refractivity contribution is 0.383. The zero-order valence-corrected chi connectivity index (χ0v) is 10.9. The van der Waals surface area contributed by atoms with Crippen LogP contribution < -0.4 is 10.1 Å². The molecule has 0 unspecified atom stereocenters. The highest BCUT2D eigenvalue weighted by Gasteiger charge is 2.07. The molecule has 1 aromatic carbocycles. The van der Waals surface area contributed by atoms with E-state index in [0.717, 1.165) is 18.7 Å².